The molecule has 94 valence electrons. The molecule has 0 radical (unpaired) electrons. The monoisotopic (exact) mass is 233 g/mol. The minimum absolute atomic E-state index is 0.398. The molecule has 1 saturated heterocycles. The summed E-state index contributed by atoms with van der Waals surface area (Å²) in [5.41, 5.74) is 1.28. The van der Waals surface area contributed by atoms with E-state index >= 15 is 0 Å². The van der Waals surface area contributed by atoms with Crippen LogP contribution < -0.4 is 10.2 Å². The fraction of sp³-hybridized carbons (Fsp3) is 0.643. The summed E-state index contributed by atoms with van der Waals surface area (Å²) < 4.78 is 0. The molecule has 1 aliphatic heterocycles. The molecule has 3 heteroatoms. The molecule has 0 amide bonds. The first-order valence-electron chi connectivity index (χ1n) is 6.75. The van der Waals surface area contributed by atoms with Crippen LogP contribution in [0.3, 0.4) is 0 Å². The van der Waals surface area contributed by atoms with E-state index in [1.807, 2.05) is 6.20 Å². The fourth-order valence-electron chi connectivity index (χ4n) is 2.27. The van der Waals surface area contributed by atoms with Crippen molar-refractivity contribution in [3.8, 4) is 0 Å². The van der Waals surface area contributed by atoms with Gasteiger partial charge in [0.25, 0.3) is 0 Å². The maximum atomic E-state index is 4.58. The van der Waals surface area contributed by atoms with Crippen LogP contribution in [0.4, 0.5) is 5.82 Å². The van der Waals surface area contributed by atoms with Gasteiger partial charge in [-0.15, -0.1) is 0 Å². The Balaban J connectivity index is 1.96. The quantitative estimate of drug-likeness (QED) is 0.847. The minimum atomic E-state index is 0.398. The summed E-state index contributed by atoms with van der Waals surface area (Å²) in [5.74, 6) is 1.13. The van der Waals surface area contributed by atoms with E-state index in [1.54, 1.807) is 0 Å². The molecule has 1 aromatic heterocycles. The van der Waals surface area contributed by atoms with Gasteiger partial charge in [-0.25, -0.2) is 4.98 Å². The number of nitrogens with zero attached hydrogens (tertiary/aromatic N) is 2. The average molecular weight is 233 g/mol. The van der Waals surface area contributed by atoms with Gasteiger partial charge in [0.15, 0.2) is 0 Å². The third kappa shape index (κ3) is 3.19. The fourth-order valence-corrected chi connectivity index (χ4v) is 2.27. The van der Waals surface area contributed by atoms with Crippen molar-refractivity contribution in [2.45, 2.75) is 39.2 Å². The van der Waals surface area contributed by atoms with E-state index in [4.69, 9.17) is 0 Å². The van der Waals surface area contributed by atoms with E-state index in [0.29, 0.717) is 6.04 Å². The summed E-state index contributed by atoms with van der Waals surface area (Å²) in [6.45, 7) is 7.78. The maximum Gasteiger partial charge on any atom is 0.128 e. The number of hydrogen-bond acceptors (Lipinski definition) is 3. The summed E-state index contributed by atoms with van der Waals surface area (Å²) in [6, 6.07) is 4.76. The van der Waals surface area contributed by atoms with Gasteiger partial charge in [-0.3, -0.25) is 0 Å². The molecule has 0 saturated carbocycles. The molecule has 1 fully saturated rings. The number of rotatable bonds is 5. The normalized spacial score (nSPS) is 17.4. The molecule has 1 N–H and O–H groups in total. The highest BCUT2D eigenvalue weighted by Gasteiger charge is 2.13. The highest BCUT2D eigenvalue weighted by Crippen LogP contribution is 2.19. The van der Waals surface area contributed by atoms with Crippen LogP contribution in [0.15, 0.2) is 18.3 Å². The van der Waals surface area contributed by atoms with Crippen LogP contribution in [0.25, 0.3) is 0 Å². The summed E-state index contributed by atoms with van der Waals surface area (Å²) in [7, 11) is 0. The Morgan fingerprint density at radius 2 is 2.12 bits per heavy atom. The minimum Gasteiger partial charge on any atom is -0.357 e. The van der Waals surface area contributed by atoms with Crippen LogP contribution in [0.1, 0.15) is 44.7 Å². The molecule has 0 spiro atoms. The van der Waals surface area contributed by atoms with Gasteiger partial charge in [-0.1, -0.05) is 13.0 Å². The Hall–Kier alpha value is -1.09. The number of pyridine rings is 1. The zero-order valence-corrected chi connectivity index (χ0v) is 10.9. The largest absolute Gasteiger partial charge is 0.357 e. The van der Waals surface area contributed by atoms with Crippen molar-refractivity contribution < 1.29 is 0 Å². The van der Waals surface area contributed by atoms with Crippen molar-refractivity contribution in [2.24, 2.45) is 0 Å². The van der Waals surface area contributed by atoms with E-state index in [-0.39, 0.29) is 0 Å². The lowest BCUT2D eigenvalue weighted by Crippen LogP contribution is -2.21. The second-order valence-corrected chi connectivity index (χ2v) is 4.82. The van der Waals surface area contributed by atoms with Gasteiger partial charge in [0, 0.05) is 25.3 Å². The Labute approximate surface area is 104 Å². The van der Waals surface area contributed by atoms with Gasteiger partial charge in [0.2, 0.25) is 0 Å². The number of anilines is 1. The Kier molecular flexibility index (Phi) is 4.37. The first kappa shape index (κ1) is 12.4. The van der Waals surface area contributed by atoms with Crippen molar-refractivity contribution in [3.05, 3.63) is 23.9 Å². The molecule has 3 nitrogen and oxygen atoms in total. The summed E-state index contributed by atoms with van der Waals surface area (Å²) in [6.07, 6.45) is 5.79. The van der Waals surface area contributed by atoms with Crippen LogP contribution in [-0.4, -0.2) is 24.6 Å². The Bertz CT molecular complexity index is 328. The first-order valence-corrected chi connectivity index (χ1v) is 6.75. The molecular formula is C14H23N3. The van der Waals surface area contributed by atoms with Gasteiger partial charge in [0.05, 0.1) is 0 Å². The third-order valence-electron chi connectivity index (χ3n) is 3.40. The molecule has 2 rings (SSSR count). The third-order valence-corrected chi connectivity index (χ3v) is 3.40. The zero-order chi connectivity index (χ0) is 12.1. The molecule has 1 aromatic rings. The summed E-state index contributed by atoms with van der Waals surface area (Å²) in [4.78, 5) is 6.94. The first-order chi connectivity index (χ1) is 8.31. The van der Waals surface area contributed by atoms with Crippen molar-refractivity contribution in [3.63, 3.8) is 0 Å². The smallest absolute Gasteiger partial charge is 0.128 e. The average Bonchev–Trinajstić information content (AvgIpc) is 2.90. The van der Waals surface area contributed by atoms with Gasteiger partial charge in [-0.05, 0) is 44.4 Å². The predicted octanol–water partition coefficient (Wildman–Crippen LogP) is 2.74. The molecule has 0 aliphatic carbocycles. The zero-order valence-electron chi connectivity index (χ0n) is 10.9. The molecular weight excluding hydrogens is 210 g/mol. The highest BCUT2D eigenvalue weighted by atomic mass is 15.2. The Morgan fingerprint density at radius 3 is 2.71 bits per heavy atom. The second kappa shape index (κ2) is 6.01. The van der Waals surface area contributed by atoms with Crippen molar-refractivity contribution in [1.29, 1.82) is 0 Å². The van der Waals surface area contributed by atoms with E-state index in [0.717, 1.165) is 25.5 Å². The SMILES string of the molecule is CCCNC(C)c1ccc(N2CCCC2)nc1. The van der Waals surface area contributed by atoms with Crippen molar-refractivity contribution in [1.82, 2.24) is 10.3 Å². The molecule has 2 heterocycles. The molecule has 1 unspecified atom stereocenters. The van der Waals surface area contributed by atoms with E-state index in [2.05, 4.69) is 41.2 Å². The predicted molar refractivity (Wildman–Crippen MR) is 72.4 cm³/mol. The van der Waals surface area contributed by atoms with Crippen molar-refractivity contribution in [2.75, 3.05) is 24.5 Å². The standard InChI is InChI=1S/C14H23N3/c1-3-8-15-12(2)13-6-7-14(16-11-13)17-9-4-5-10-17/h6-7,11-12,15H,3-5,8-10H2,1-2H3. The van der Waals surface area contributed by atoms with E-state index in [1.165, 1.54) is 24.8 Å². The number of nitrogens with one attached hydrogen (secondary N) is 1. The van der Waals surface area contributed by atoms with Gasteiger partial charge in [-0.2, -0.15) is 0 Å². The van der Waals surface area contributed by atoms with Gasteiger partial charge < -0.3 is 10.2 Å². The van der Waals surface area contributed by atoms with Gasteiger partial charge in [0.1, 0.15) is 5.82 Å². The molecule has 17 heavy (non-hydrogen) atoms. The molecule has 1 aliphatic rings. The summed E-state index contributed by atoms with van der Waals surface area (Å²) in [5, 5.41) is 3.48. The van der Waals surface area contributed by atoms with Crippen molar-refractivity contribution >= 4 is 5.82 Å². The lowest BCUT2D eigenvalue weighted by Gasteiger charge is -2.18. The molecule has 0 aromatic carbocycles. The molecule has 1 atom stereocenters. The summed E-state index contributed by atoms with van der Waals surface area (Å²) >= 11 is 0. The van der Waals surface area contributed by atoms with Crippen LogP contribution >= 0.6 is 0 Å². The maximum absolute atomic E-state index is 4.58. The number of aromatic nitrogens is 1. The topological polar surface area (TPSA) is 28.2 Å². The Morgan fingerprint density at radius 1 is 1.35 bits per heavy atom. The van der Waals surface area contributed by atoms with Gasteiger partial charge >= 0.3 is 0 Å². The van der Waals surface area contributed by atoms with Crippen LogP contribution in [0.2, 0.25) is 0 Å². The second-order valence-electron chi connectivity index (χ2n) is 4.82. The number of hydrogen-bond donors (Lipinski definition) is 1. The van der Waals surface area contributed by atoms with E-state index < -0.39 is 0 Å². The van der Waals surface area contributed by atoms with E-state index in [9.17, 15) is 0 Å². The lowest BCUT2D eigenvalue weighted by atomic mass is 10.1. The molecule has 0 bridgehead atoms. The van der Waals surface area contributed by atoms with Crippen LogP contribution in [0.5, 0.6) is 0 Å². The van der Waals surface area contributed by atoms with Crippen LogP contribution in [0, 0.1) is 0 Å². The van der Waals surface area contributed by atoms with Crippen LogP contribution in [-0.2, 0) is 0 Å². The highest BCUT2D eigenvalue weighted by molar-refractivity contribution is 5.40. The lowest BCUT2D eigenvalue weighted by molar-refractivity contribution is 0.569.